The summed E-state index contributed by atoms with van der Waals surface area (Å²) in [5.74, 6) is -5.28. The van der Waals surface area contributed by atoms with Crippen molar-refractivity contribution in [1.82, 2.24) is 9.88 Å². The normalized spacial score (nSPS) is 11.4. The number of anilines is 1. The number of aliphatic hydroxyl groups is 1. The number of nitrogens with one attached hydrogen (secondary N) is 2. The van der Waals surface area contributed by atoms with E-state index >= 15 is 0 Å². The van der Waals surface area contributed by atoms with Crippen molar-refractivity contribution in [2.45, 2.75) is 13.0 Å². The third kappa shape index (κ3) is 4.21. The van der Waals surface area contributed by atoms with E-state index in [0.29, 0.717) is 0 Å². The van der Waals surface area contributed by atoms with Gasteiger partial charge in [0.05, 0.1) is 17.7 Å². The molecule has 0 aliphatic rings. The zero-order chi connectivity index (χ0) is 21.0. The second-order valence-electron chi connectivity index (χ2n) is 5.96. The predicted molar refractivity (Wildman–Crippen MR) is 93.5 cm³/mol. The highest BCUT2D eigenvalue weighted by Gasteiger charge is 2.28. The average Bonchev–Trinajstić information content (AvgIpc) is 2.96. The first kappa shape index (κ1) is 20.7. The fourth-order valence-electron chi connectivity index (χ4n) is 2.35. The Morgan fingerprint density at radius 3 is 2.61 bits per heavy atom. The van der Waals surface area contributed by atoms with E-state index in [1.165, 1.54) is 20.0 Å². The van der Waals surface area contributed by atoms with Gasteiger partial charge in [-0.1, -0.05) is 0 Å². The lowest BCUT2D eigenvalue weighted by molar-refractivity contribution is -0.117. The molecule has 2 rings (SSSR count). The number of amides is 2. The SMILES string of the molecule is CC(CO)NC(=O)C(=O)c1cn(C)c(C(=O)Nc2ccc(F)c(C#N)c2)c1F. The van der Waals surface area contributed by atoms with Crippen LogP contribution < -0.4 is 10.6 Å². The van der Waals surface area contributed by atoms with Crippen LogP contribution in [0.25, 0.3) is 0 Å². The number of Topliss-reactive ketones (excluding diaryl/α,β-unsaturated/α-hetero) is 1. The van der Waals surface area contributed by atoms with E-state index in [4.69, 9.17) is 10.4 Å². The molecule has 2 amide bonds. The van der Waals surface area contributed by atoms with E-state index in [9.17, 15) is 23.2 Å². The summed E-state index contributed by atoms with van der Waals surface area (Å²) in [5.41, 5.74) is -1.41. The van der Waals surface area contributed by atoms with Gasteiger partial charge < -0.3 is 20.3 Å². The standard InChI is InChI=1S/C18H16F2N4O4/c1-9(8-25)22-18(28)16(26)12-7-24(2)15(14(12)20)17(27)23-11-3-4-13(19)10(5-11)6-21/h3-5,7,9,25H,8H2,1-2H3,(H,22,28)(H,23,27). The lowest BCUT2D eigenvalue weighted by atomic mass is 10.1. The maximum absolute atomic E-state index is 14.6. The van der Waals surface area contributed by atoms with Crippen molar-refractivity contribution < 1.29 is 28.3 Å². The number of aromatic nitrogens is 1. The molecule has 2 aromatic rings. The third-order valence-electron chi connectivity index (χ3n) is 3.78. The summed E-state index contributed by atoms with van der Waals surface area (Å²) in [7, 11) is 1.30. The van der Waals surface area contributed by atoms with E-state index < -0.39 is 53.1 Å². The summed E-state index contributed by atoms with van der Waals surface area (Å²) >= 11 is 0. The van der Waals surface area contributed by atoms with Gasteiger partial charge in [0, 0.05) is 25.0 Å². The lowest BCUT2D eigenvalue weighted by Gasteiger charge is -2.09. The molecule has 0 radical (unpaired) electrons. The van der Waals surface area contributed by atoms with E-state index in [-0.39, 0.29) is 11.3 Å². The van der Waals surface area contributed by atoms with Gasteiger partial charge in [0.25, 0.3) is 17.6 Å². The van der Waals surface area contributed by atoms with Crippen LogP contribution in [0.4, 0.5) is 14.5 Å². The van der Waals surface area contributed by atoms with Crippen LogP contribution in [0.15, 0.2) is 24.4 Å². The number of aryl methyl sites for hydroxylation is 1. The van der Waals surface area contributed by atoms with Crippen LogP contribution in [0.5, 0.6) is 0 Å². The number of hydrogen-bond acceptors (Lipinski definition) is 5. The van der Waals surface area contributed by atoms with Crippen molar-refractivity contribution in [1.29, 1.82) is 5.26 Å². The molecule has 0 saturated heterocycles. The number of nitriles is 1. The fraction of sp³-hybridized carbons (Fsp3) is 0.222. The van der Waals surface area contributed by atoms with E-state index in [1.807, 2.05) is 0 Å². The number of hydrogen-bond donors (Lipinski definition) is 3. The molecule has 0 fully saturated rings. The summed E-state index contributed by atoms with van der Waals surface area (Å²) in [6, 6.07) is 4.13. The Labute approximate surface area is 158 Å². The van der Waals surface area contributed by atoms with Crippen molar-refractivity contribution in [2.24, 2.45) is 7.05 Å². The highest BCUT2D eigenvalue weighted by atomic mass is 19.1. The Morgan fingerprint density at radius 2 is 2.00 bits per heavy atom. The molecule has 1 heterocycles. The number of halogens is 2. The molecule has 1 atom stereocenters. The molecule has 10 heteroatoms. The zero-order valence-corrected chi connectivity index (χ0v) is 14.9. The number of carbonyl (C=O) groups is 3. The Hall–Kier alpha value is -3.58. The largest absolute Gasteiger partial charge is 0.394 e. The van der Waals surface area contributed by atoms with E-state index in [0.717, 1.165) is 22.9 Å². The molecule has 0 saturated carbocycles. The van der Waals surface area contributed by atoms with Gasteiger partial charge in [-0.05, 0) is 25.1 Å². The molecule has 3 N–H and O–H groups in total. The van der Waals surface area contributed by atoms with Crippen LogP contribution in [0.1, 0.15) is 33.3 Å². The monoisotopic (exact) mass is 390 g/mol. The summed E-state index contributed by atoms with van der Waals surface area (Å²) in [5, 5.41) is 22.2. The van der Waals surface area contributed by atoms with Gasteiger partial charge in [0.15, 0.2) is 5.82 Å². The molecule has 8 nitrogen and oxygen atoms in total. The van der Waals surface area contributed by atoms with Gasteiger partial charge in [-0.25, -0.2) is 8.78 Å². The van der Waals surface area contributed by atoms with Gasteiger partial charge in [-0.15, -0.1) is 0 Å². The molecule has 0 aliphatic carbocycles. The summed E-state index contributed by atoms with van der Waals surface area (Å²) in [6.45, 7) is 1.04. The van der Waals surface area contributed by atoms with Crippen molar-refractivity contribution in [3.63, 3.8) is 0 Å². The number of rotatable bonds is 6. The van der Waals surface area contributed by atoms with Crippen LogP contribution in [-0.2, 0) is 11.8 Å². The van der Waals surface area contributed by atoms with Crippen LogP contribution in [-0.4, -0.2) is 39.9 Å². The molecule has 1 aromatic heterocycles. The maximum Gasteiger partial charge on any atom is 0.292 e. The summed E-state index contributed by atoms with van der Waals surface area (Å²) in [6.07, 6.45) is 0.987. The second-order valence-corrected chi connectivity index (χ2v) is 5.96. The van der Waals surface area contributed by atoms with Gasteiger partial charge in [-0.2, -0.15) is 5.26 Å². The zero-order valence-electron chi connectivity index (χ0n) is 14.9. The second kappa shape index (κ2) is 8.41. The number of nitrogens with zero attached hydrogens (tertiary/aromatic N) is 2. The molecule has 0 bridgehead atoms. The summed E-state index contributed by atoms with van der Waals surface area (Å²) in [4.78, 5) is 36.3. The number of ketones is 1. The van der Waals surface area contributed by atoms with Gasteiger partial charge in [0.2, 0.25) is 0 Å². The van der Waals surface area contributed by atoms with Crippen LogP contribution in [0, 0.1) is 23.0 Å². The molecule has 0 spiro atoms. The van der Waals surface area contributed by atoms with Crippen LogP contribution in [0.3, 0.4) is 0 Å². The summed E-state index contributed by atoms with van der Waals surface area (Å²) < 4.78 is 29.0. The molecule has 1 aromatic carbocycles. The first-order valence-corrected chi connectivity index (χ1v) is 8.01. The Balaban J connectivity index is 2.28. The van der Waals surface area contributed by atoms with Gasteiger partial charge in [0.1, 0.15) is 17.6 Å². The molecule has 0 aliphatic heterocycles. The Kier molecular flexibility index (Phi) is 6.22. The Morgan fingerprint density at radius 1 is 1.32 bits per heavy atom. The molecule has 28 heavy (non-hydrogen) atoms. The first-order chi connectivity index (χ1) is 13.2. The maximum atomic E-state index is 14.6. The number of benzene rings is 1. The topological polar surface area (TPSA) is 124 Å². The number of aliphatic hydroxyl groups excluding tert-OH is 1. The van der Waals surface area contributed by atoms with Gasteiger partial charge >= 0.3 is 0 Å². The molecular formula is C18H16F2N4O4. The molecule has 1 unspecified atom stereocenters. The third-order valence-corrected chi connectivity index (χ3v) is 3.78. The van der Waals surface area contributed by atoms with Crippen LogP contribution >= 0.6 is 0 Å². The van der Waals surface area contributed by atoms with Crippen molar-refractivity contribution >= 4 is 23.3 Å². The average molecular weight is 390 g/mol. The minimum Gasteiger partial charge on any atom is -0.394 e. The smallest absolute Gasteiger partial charge is 0.292 e. The first-order valence-electron chi connectivity index (χ1n) is 8.01. The van der Waals surface area contributed by atoms with E-state index in [1.54, 1.807) is 6.07 Å². The minimum absolute atomic E-state index is 0.0472. The lowest BCUT2D eigenvalue weighted by Crippen LogP contribution is -2.39. The van der Waals surface area contributed by atoms with Crippen molar-refractivity contribution in [3.8, 4) is 6.07 Å². The molecule has 146 valence electrons. The molecular weight excluding hydrogens is 374 g/mol. The fourth-order valence-corrected chi connectivity index (χ4v) is 2.35. The number of carbonyl (C=O) groups excluding carboxylic acids is 3. The predicted octanol–water partition coefficient (Wildman–Crippen LogP) is 1.11. The van der Waals surface area contributed by atoms with E-state index in [2.05, 4.69) is 10.6 Å². The van der Waals surface area contributed by atoms with Gasteiger partial charge in [-0.3, -0.25) is 14.4 Å². The van der Waals surface area contributed by atoms with Crippen molar-refractivity contribution in [2.75, 3.05) is 11.9 Å². The highest BCUT2D eigenvalue weighted by molar-refractivity contribution is 6.43. The highest BCUT2D eigenvalue weighted by Crippen LogP contribution is 2.19. The van der Waals surface area contributed by atoms with Crippen LogP contribution in [0.2, 0.25) is 0 Å². The minimum atomic E-state index is -1.21. The van der Waals surface area contributed by atoms with Crippen molar-refractivity contribution in [3.05, 3.63) is 52.9 Å². The quantitative estimate of drug-likeness (QED) is 0.503. The Bertz CT molecular complexity index is 994.